The third kappa shape index (κ3) is 4.64. The summed E-state index contributed by atoms with van der Waals surface area (Å²) in [6, 6.07) is 15.8. The quantitative estimate of drug-likeness (QED) is 0.674. The molecule has 4 rings (SSSR count). The third-order valence-corrected chi connectivity index (χ3v) is 5.34. The van der Waals surface area contributed by atoms with E-state index in [0.29, 0.717) is 6.54 Å². The molecule has 1 aliphatic heterocycles. The van der Waals surface area contributed by atoms with Gasteiger partial charge in [0.15, 0.2) is 0 Å². The molecule has 2 aromatic heterocycles. The van der Waals surface area contributed by atoms with Crippen LogP contribution in [-0.2, 0) is 4.79 Å². The molecule has 6 heteroatoms. The number of likely N-dealkylation sites (tertiary alicyclic amines) is 1. The van der Waals surface area contributed by atoms with Gasteiger partial charge in [-0.2, -0.15) is 0 Å². The van der Waals surface area contributed by atoms with E-state index in [2.05, 4.69) is 10.3 Å². The van der Waals surface area contributed by atoms with Gasteiger partial charge in [0.1, 0.15) is 11.6 Å². The molecule has 1 atom stereocenters. The van der Waals surface area contributed by atoms with E-state index >= 15 is 0 Å². The number of para-hydroxylation sites is 1. The zero-order valence-corrected chi connectivity index (χ0v) is 17.5. The van der Waals surface area contributed by atoms with Crippen LogP contribution in [-0.4, -0.2) is 38.8 Å². The van der Waals surface area contributed by atoms with Crippen molar-refractivity contribution in [3.05, 3.63) is 66.7 Å². The number of aromatic nitrogens is 3. The normalized spacial score (nSPS) is 16.5. The summed E-state index contributed by atoms with van der Waals surface area (Å²) in [6.45, 7) is 5.38. The van der Waals surface area contributed by atoms with E-state index in [9.17, 15) is 4.79 Å². The van der Waals surface area contributed by atoms with Crippen molar-refractivity contribution in [3.8, 4) is 11.3 Å². The fourth-order valence-corrected chi connectivity index (χ4v) is 3.80. The van der Waals surface area contributed by atoms with Crippen molar-refractivity contribution in [2.45, 2.75) is 32.6 Å². The average molecular weight is 402 g/mol. The second-order valence-corrected chi connectivity index (χ2v) is 8.01. The van der Waals surface area contributed by atoms with Crippen molar-refractivity contribution in [2.75, 3.05) is 18.4 Å². The highest BCUT2D eigenvalue weighted by Crippen LogP contribution is 2.29. The van der Waals surface area contributed by atoms with Gasteiger partial charge in [0.2, 0.25) is 5.91 Å². The zero-order chi connectivity index (χ0) is 20.9. The van der Waals surface area contributed by atoms with Crippen LogP contribution < -0.4 is 5.32 Å². The maximum absolute atomic E-state index is 12.5. The Morgan fingerprint density at radius 3 is 2.70 bits per heavy atom. The standard InChI is InChI=1S/C24H27N5O/c1-17(2)24(30)29-13-7-9-19(16-29)23-27-21(18-8-6-12-25-15-18)14-22(28-23)26-20-10-4-3-5-11-20/h3-6,8,10-12,14-15,17,19H,7,9,13,16H2,1-2H3,(H,26,27,28)/t19-/m1/s1. The number of anilines is 2. The average Bonchev–Trinajstić information content (AvgIpc) is 2.79. The van der Waals surface area contributed by atoms with Gasteiger partial charge in [0, 0.05) is 54.6 Å². The number of carbonyl (C=O) groups excluding carboxylic acids is 1. The molecule has 1 N–H and O–H groups in total. The maximum Gasteiger partial charge on any atom is 0.225 e. The molecule has 1 aliphatic rings. The van der Waals surface area contributed by atoms with Crippen molar-refractivity contribution >= 4 is 17.4 Å². The van der Waals surface area contributed by atoms with Crippen LogP contribution in [0.15, 0.2) is 60.9 Å². The third-order valence-electron chi connectivity index (χ3n) is 5.34. The fraction of sp³-hybridized carbons (Fsp3) is 0.333. The Balaban J connectivity index is 1.67. The number of nitrogens with zero attached hydrogens (tertiary/aromatic N) is 4. The maximum atomic E-state index is 12.5. The first-order valence-electron chi connectivity index (χ1n) is 10.5. The molecule has 0 spiro atoms. The molecule has 154 valence electrons. The van der Waals surface area contributed by atoms with Crippen LogP contribution in [0, 0.1) is 5.92 Å². The fourth-order valence-electron chi connectivity index (χ4n) is 3.80. The molecule has 0 aliphatic carbocycles. The molecule has 3 heterocycles. The molecule has 0 radical (unpaired) electrons. The van der Waals surface area contributed by atoms with Gasteiger partial charge in [0.05, 0.1) is 5.69 Å². The largest absolute Gasteiger partial charge is 0.342 e. The van der Waals surface area contributed by atoms with Crippen molar-refractivity contribution in [1.82, 2.24) is 19.9 Å². The number of amides is 1. The molecule has 1 aromatic carbocycles. The highest BCUT2D eigenvalue weighted by atomic mass is 16.2. The molecule has 0 saturated carbocycles. The van der Waals surface area contributed by atoms with Gasteiger partial charge < -0.3 is 10.2 Å². The first kappa shape index (κ1) is 20.0. The summed E-state index contributed by atoms with van der Waals surface area (Å²) in [5.41, 5.74) is 2.75. The molecular weight excluding hydrogens is 374 g/mol. The second-order valence-electron chi connectivity index (χ2n) is 8.01. The summed E-state index contributed by atoms with van der Waals surface area (Å²) in [7, 11) is 0. The number of hydrogen-bond acceptors (Lipinski definition) is 5. The number of nitrogens with one attached hydrogen (secondary N) is 1. The monoisotopic (exact) mass is 401 g/mol. The van der Waals surface area contributed by atoms with Gasteiger partial charge in [-0.25, -0.2) is 9.97 Å². The smallest absolute Gasteiger partial charge is 0.225 e. The van der Waals surface area contributed by atoms with Gasteiger partial charge >= 0.3 is 0 Å². The number of pyridine rings is 1. The second kappa shape index (κ2) is 9.03. The summed E-state index contributed by atoms with van der Waals surface area (Å²) in [6.07, 6.45) is 5.51. The minimum atomic E-state index is 0.00158. The van der Waals surface area contributed by atoms with E-state index in [1.54, 1.807) is 6.20 Å². The van der Waals surface area contributed by atoms with E-state index in [1.165, 1.54) is 0 Å². The number of carbonyl (C=O) groups is 1. The topological polar surface area (TPSA) is 71.0 Å². The SMILES string of the molecule is CC(C)C(=O)N1CCC[C@@H](c2nc(Nc3ccccc3)cc(-c3cccnc3)n2)C1. The number of benzene rings is 1. The molecule has 1 amide bonds. The molecule has 0 bridgehead atoms. The minimum absolute atomic E-state index is 0.00158. The van der Waals surface area contributed by atoms with Crippen LogP contribution in [0.25, 0.3) is 11.3 Å². The molecular formula is C24H27N5O. The Labute approximate surface area is 177 Å². The van der Waals surface area contributed by atoms with Crippen molar-refractivity contribution in [1.29, 1.82) is 0 Å². The lowest BCUT2D eigenvalue weighted by Crippen LogP contribution is -2.41. The van der Waals surface area contributed by atoms with Crippen LogP contribution in [0.4, 0.5) is 11.5 Å². The van der Waals surface area contributed by atoms with Crippen molar-refractivity contribution in [2.24, 2.45) is 5.92 Å². The predicted octanol–water partition coefficient (Wildman–Crippen LogP) is 4.64. The summed E-state index contributed by atoms with van der Waals surface area (Å²) < 4.78 is 0. The predicted molar refractivity (Wildman–Crippen MR) is 118 cm³/mol. The molecule has 6 nitrogen and oxygen atoms in total. The van der Waals surface area contributed by atoms with Crippen LogP contribution in [0.3, 0.4) is 0 Å². The summed E-state index contributed by atoms with van der Waals surface area (Å²) in [4.78, 5) is 28.4. The van der Waals surface area contributed by atoms with Gasteiger partial charge in [-0.3, -0.25) is 9.78 Å². The first-order chi connectivity index (χ1) is 14.6. The van der Waals surface area contributed by atoms with E-state index in [0.717, 1.165) is 48.0 Å². The summed E-state index contributed by atoms with van der Waals surface area (Å²) in [5.74, 6) is 1.84. The van der Waals surface area contributed by atoms with E-state index in [4.69, 9.17) is 9.97 Å². The number of piperidine rings is 1. The van der Waals surface area contributed by atoms with E-state index in [1.807, 2.05) is 73.5 Å². The Bertz CT molecular complexity index is 991. The van der Waals surface area contributed by atoms with Gasteiger partial charge in [-0.1, -0.05) is 32.0 Å². The first-order valence-corrected chi connectivity index (χ1v) is 10.5. The molecule has 1 saturated heterocycles. The Hall–Kier alpha value is -3.28. The van der Waals surface area contributed by atoms with Gasteiger partial charge in [-0.05, 0) is 37.1 Å². The Morgan fingerprint density at radius 2 is 1.97 bits per heavy atom. The minimum Gasteiger partial charge on any atom is -0.342 e. The van der Waals surface area contributed by atoms with E-state index in [-0.39, 0.29) is 17.7 Å². The summed E-state index contributed by atoms with van der Waals surface area (Å²) >= 11 is 0. The van der Waals surface area contributed by atoms with Crippen molar-refractivity contribution < 1.29 is 4.79 Å². The zero-order valence-electron chi connectivity index (χ0n) is 17.5. The van der Waals surface area contributed by atoms with Crippen LogP contribution in [0.5, 0.6) is 0 Å². The van der Waals surface area contributed by atoms with Crippen LogP contribution >= 0.6 is 0 Å². The van der Waals surface area contributed by atoms with Gasteiger partial charge in [-0.15, -0.1) is 0 Å². The lowest BCUT2D eigenvalue weighted by molar-refractivity contribution is -0.135. The molecule has 0 unspecified atom stereocenters. The molecule has 30 heavy (non-hydrogen) atoms. The number of hydrogen-bond donors (Lipinski definition) is 1. The lowest BCUT2D eigenvalue weighted by Gasteiger charge is -2.33. The Kier molecular flexibility index (Phi) is 6.02. The van der Waals surface area contributed by atoms with Gasteiger partial charge in [0.25, 0.3) is 0 Å². The highest BCUT2D eigenvalue weighted by molar-refractivity contribution is 5.78. The number of rotatable bonds is 5. The van der Waals surface area contributed by atoms with Crippen LogP contribution in [0.2, 0.25) is 0 Å². The van der Waals surface area contributed by atoms with Crippen molar-refractivity contribution in [3.63, 3.8) is 0 Å². The van der Waals surface area contributed by atoms with E-state index < -0.39 is 0 Å². The molecule has 3 aromatic rings. The van der Waals surface area contributed by atoms with Crippen LogP contribution in [0.1, 0.15) is 38.4 Å². The highest BCUT2D eigenvalue weighted by Gasteiger charge is 2.28. The molecule has 1 fully saturated rings. The Morgan fingerprint density at radius 1 is 1.13 bits per heavy atom. The lowest BCUT2D eigenvalue weighted by atomic mass is 9.96. The summed E-state index contributed by atoms with van der Waals surface area (Å²) in [5, 5.41) is 3.39.